The SMILES string of the molecule is COc1ccc(NC(=O)COC(=O)CCC(=O)Nc2ccc(Oc3ccc(C(C)(C)C)cc3)cc2)cc1. The van der Waals surface area contributed by atoms with Crippen LogP contribution in [0.25, 0.3) is 0 Å². The molecule has 3 rings (SSSR count). The Morgan fingerprint density at radius 3 is 1.68 bits per heavy atom. The maximum absolute atomic E-state index is 12.2. The number of nitrogens with one attached hydrogen (secondary N) is 2. The van der Waals surface area contributed by atoms with Crippen molar-refractivity contribution in [1.82, 2.24) is 0 Å². The first-order valence-electron chi connectivity index (χ1n) is 11.9. The van der Waals surface area contributed by atoms with Crippen LogP contribution in [0.5, 0.6) is 17.2 Å². The molecule has 2 N–H and O–H groups in total. The Balaban J connectivity index is 1.37. The number of ether oxygens (including phenoxy) is 3. The predicted molar refractivity (Wildman–Crippen MR) is 142 cm³/mol. The van der Waals surface area contributed by atoms with Crippen molar-refractivity contribution in [2.45, 2.75) is 39.0 Å². The zero-order valence-corrected chi connectivity index (χ0v) is 21.5. The standard InChI is InChI=1S/C29H32N2O6/c1-29(2,3)20-5-11-24(12-6-20)37-25-15-9-21(10-16-25)30-26(32)17-18-28(34)36-19-27(33)31-22-7-13-23(35-4)14-8-22/h5-16H,17-19H2,1-4H3,(H,30,32)(H,31,33). The number of hydrogen-bond donors (Lipinski definition) is 2. The summed E-state index contributed by atoms with van der Waals surface area (Å²) in [5, 5.41) is 5.34. The fraction of sp³-hybridized carbons (Fsp3) is 0.276. The molecule has 2 amide bonds. The van der Waals surface area contributed by atoms with E-state index in [0.29, 0.717) is 22.9 Å². The second-order valence-electron chi connectivity index (χ2n) is 9.39. The lowest BCUT2D eigenvalue weighted by Gasteiger charge is -2.19. The number of carbonyl (C=O) groups excluding carboxylic acids is 3. The molecule has 0 saturated carbocycles. The number of anilines is 2. The fourth-order valence-electron chi connectivity index (χ4n) is 3.29. The van der Waals surface area contributed by atoms with Crippen molar-refractivity contribution in [3.05, 3.63) is 78.4 Å². The Morgan fingerprint density at radius 2 is 1.16 bits per heavy atom. The highest BCUT2D eigenvalue weighted by atomic mass is 16.5. The van der Waals surface area contributed by atoms with Gasteiger partial charge < -0.3 is 24.8 Å². The second kappa shape index (κ2) is 12.6. The molecule has 0 atom stereocenters. The highest BCUT2D eigenvalue weighted by molar-refractivity contribution is 5.94. The van der Waals surface area contributed by atoms with Crippen molar-refractivity contribution in [1.29, 1.82) is 0 Å². The van der Waals surface area contributed by atoms with Gasteiger partial charge in [-0.1, -0.05) is 32.9 Å². The summed E-state index contributed by atoms with van der Waals surface area (Å²) in [7, 11) is 1.55. The summed E-state index contributed by atoms with van der Waals surface area (Å²) in [6, 6.07) is 21.6. The molecular weight excluding hydrogens is 472 g/mol. The Morgan fingerprint density at radius 1 is 0.676 bits per heavy atom. The summed E-state index contributed by atoms with van der Waals surface area (Å²) >= 11 is 0. The number of carbonyl (C=O) groups is 3. The lowest BCUT2D eigenvalue weighted by Crippen LogP contribution is -2.21. The van der Waals surface area contributed by atoms with Gasteiger partial charge in [0.2, 0.25) is 5.91 Å². The molecule has 0 aliphatic rings. The van der Waals surface area contributed by atoms with E-state index in [1.807, 2.05) is 24.3 Å². The topological polar surface area (TPSA) is 103 Å². The van der Waals surface area contributed by atoms with Gasteiger partial charge >= 0.3 is 5.97 Å². The quantitative estimate of drug-likeness (QED) is 0.344. The van der Waals surface area contributed by atoms with Crippen LogP contribution in [0.4, 0.5) is 11.4 Å². The molecule has 0 fully saturated rings. The third kappa shape index (κ3) is 9.00. The maximum Gasteiger partial charge on any atom is 0.306 e. The molecule has 37 heavy (non-hydrogen) atoms. The largest absolute Gasteiger partial charge is 0.497 e. The van der Waals surface area contributed by atoms with Gasteiger partial charge in [0.05, 0.1) is 13.5 Å². The molecule has 0 bridgehead atoms. The van der Waals surface area contributed by atoms with Crippen molar-refractivity contribution in [3.8, 4) is 17.2 Å². The first kappa shape index (κ1) is 27.3. The first-order valence-corrected chi connectivity index (χ1v) is 11.9. The summed E-state index contributed by atoms with van der Waals surface area (Å²) in [6.45, 7) is 6.03. The van der Waals surface area contributed by atoms with E-state index in [1.165, 1.54) is 5.56 Å². The van der Waals surface area contributed by atoms with Crippen LogP contribution in [0.15, 0.2) is 72.8 Å². The molecule has 0 aromatic heterocycles. The number of esters is 1. The minimum atomic E-state index is -0.638. The summed E-state index contributed by atoms with van der Waals surface area (Å²) in [6.07, 6.45) is -0.218. The Labute approximate surface area is 216 Å². The smallest absolute Gasteiger partial charge is 0.306 e. The molecule has 0 radical (unpaired) electrons. The normalized spacial score (nSPS) is 10.8. The summed E-state index contributed by atoms with van der Waals surface area (Å²) in [5.74, 6) is 0.565. The number of benzene rings is 3. The van der Waals surface area contributed by atoms with Crippen LogP contribution >= 0.6 is 0 Å². The number of methoxy groups -OCH3 is 1. The van der Waals surface area contributed by atoms with Gasteiger partial charge in [-0.05, 0) is 71.6 Å². The predicted octanol–water partition coefficient (Wildman–Crippen LogP) is 5.69. The average Bonchev–Trinajstić information content (AvgIpc) is 2.87. The van der Waals surface area contributed by atoms with Gasteiger partial charge in [-0.25, -0.2) is 0 Å². The highest BCUT2D eigenvalue weighted by Crippen LogP contribution is 2.27. The molecule has 8 heteroatoms. The van der Waals surface area contributed by atoms with E-state index < -0.39 is 18.5 Å². The number of amides is 2. The van der Waals surface area contributed by atoms with E-state index in [4.69, 9.17) is 14.2 Å². The molecule has 194 valence electrons. The molecule has 8 nitrogen and oxygen atoms in total. The monoisotopic (exact) mass is 504 g/mol. The Bertz CT molecular complexity index is 1200. The summed E-state index contributed by atoms with van der Waals surface area (Å²) in [5.41, 5.74) is 2.42. The third-order valence-corrected chi connectivity index (χ3v) is 5.39. The van der Waals surface area contributed by atoms with Crippen LogP contribution in [0, 0.1) is 0 Å². The molecule has 3 aromatic rings. The molecule has 0 heterocycles. The van der Waals surface area contributed by atoms with E-state index >= 15 is 0 Å². The van der Waals surface area contributed by atoms with Crippen LogP contribution < -0.4 is 20.1 Å². The van der Waals surface area contributed by atoms with Crippen LogP contribution in [-0.4, -0.2) is 31.5 Å². The zero-order valence-electron chi connectivity index (χ0n) is 21.5. The first-order chi connectivity index (χ1) is 17.6. The van der Waals surface area contributed by atoms with E-state index in [0.717, 1.165) is 5.75 Å². The molecular formula is C29H32N2O6. The van der Waals surface area contributed by atoms with Crippen LogP contribution in [-0.2, 0) is 24.5 Å². The average molecular weight is 505 g/mol. The molecule has 0 saturated heterocycles. The lowest BCUT2D eigenvalue weighted by atomic mass is 9.87. The Hall–Kier alpha value is -4.33. The van der Waals surface area contributed by atoms with Gasteiger partial charge in [-0.2, -0.15) is 0 Å². The van der Waals surface area contributed by atoms with Crippen molar-refractivity contribution in [2.24, 2.45) is 0 Å². The van der Waals surface area contributed by atoms with Gasteiger partial charge in [-0.3, -0.25) is 14.4 Å². The van der Waals surface area contributed by atoms with Crippen LogP contribution in [0.2, 0.25) is 0 Å². The molecule has 3 aromatic carbocycles. The zero-order chi connectivity index (χ0) is 26.8. The van der Waals surface area contributed by atoms with Crippen LogP contribution in [0.1, 0.15) is 39.2 Å². The van der Waals surface area contributed by atoms with Gasteiger partial charge in [0.15, 0.2) is 6.61 Å². The van der Waals surface area contributed by atoms with Gasteiger partial charge in [0.1, 0.15) is 17.2 Å². The maximum atomic E-state index is 12.2. The van der Waals surface area contributed by atoms with Crippen molar-refractivity contribution >= 4 is 29.2 Å². The second-order valence-corrected chi connectivity index (χ2v) is 9.39. The van der Waals surface area contributed by atoms with Gasteiger partial charge in [-0.15, -0.1) is 0 Å². The van der Waals surface area contributed by atoms with E-state index in [9.17, 15) is 14.4 Å². The van der Waals surface area contributed by atoms with Crippen molar-refractivity contribution in [3.63, 3.8) is 0 Å². The fourth-order valence-corrected chi connectivity index (χ4v) is 3.29. The Kier molecular flexibility index (Phi) is 9.27. The van der Waals surface area contributed by atoms with Gasteiger partial charge in [0, 0.05) is 17.8 Å². The number of rotatable bonds is 10. The molecule has 0 unspecified atom stereocenters. The molecule has 0 spiro atoms. The lowest BCUT2D eigenvalue weighted by molar-refractivity contribution is -0.147. The highest BCUT2D eigenvalue weighted by Gasteiger charge is 2.14. The van der Waals surface area contributed by atoms with Gasteiger partial charge in [0.25, 0.3) is 5.91 Å². The van der Waals surface area contributed by atoms with Crippen molar-refractivity contribution in [2.75, 3.05) is 24.4 Å². The summed E-state index contributed by atoms with van der Waals surface area (Å²) < 4.78 is 15.9. The van der Waals surface area contributed by atoms with Crippen LogP contribution in [0.3, 0.4) is 0 Å². The number of hydrogen-bond acceptors (Lipinski definition) is 6. The van der Waals surface area contributed by atoms with E-state index in [2.05, 4.69) is 31.4 Å². The summed E-state index contributed by atoms with van der Waals surface area (Å²) in [4.78, 5) is 36.1. The van der Waals surface area contributed by atoms with Crippen molar-refractivity contribution < 1.29 is 28.6 Å². The third-order valence-electron chi connectivity index (χ3n) is 5.39. The molecule has 0 aliphatic carbocycles. The minimum absolute atomic E-state index is 0.0710. The van der Waals surface area contributed by atoms with E-state index in [-0.39, 0.29) is 24.2 Å². The molecule has 0 aliphatic heterocycles. The minimum Gasteiger partial charge on any atom is -0.497 e. The van der Waals surface area contributed by atoms with E-state index in [1.54, 1.807) is 55.6 Å².